The Bertz CT molecular complexity index is 615. The number of aliphatic hydroxyl groups excluding tert-OH is 1. The minimum atomic E-state index is -2.89. The van der Waals surface area contributed by atoms with E-state index >= 15 is 0 Å². The van der Waals surface area contributed by atoms with E-state index in [0.717, 1.165) is 0 Å². The molecule has 2 rings (SSSR count). The zero-order valence-electron chi connectivity index (χ0n) is 12.5. The van der Waals surface area contributed by atoms with Crippen molar-refractivity contribution in [1.29, 1.82) is 0 Å². The third-order valence-corrected chi connectivity index (χ3v) is 3.41. The molecule has 5 nitrogen and oxygen atoms in total. The molecule has 0 bridgehead atoms. The van der Waals surface area contributed by atoms with Gasteiger partial charge in [-0.25, -0.2) is 0 Å². The molecular formula is C16H18F2N2O3. The summed E-state index contributed by atoms with van der Waals surface area (Å²) in [4.78, 5) is 12.0. The van der Waals surface area contributed by atoms with Gasteiger partial charge in [-0.3, -0.25) is 4.79 Å². The lowest BCUT2D eigenvalue weighted by Crippen LogP contribution is -2.33. The predicted molar refractivity (Wildman–Crippen MR) is 80.2 cm³/mol. The molecule has 7 heteroatoms. The lowest BCUT2D eigenvalue weighted by molar-refractivity contribution is -0.124. The number of hydrogen-bond acceptors (Lipinski definition) is 3. The molecule has 1 aromatic carbocycles. The molecular weight excluding hydrogens is 306 g/mol. The average molecular weight is 324 g/mol. The van der Waals surface area contributed by atoms with Crippen molar-refractivity contribution in [3.8, 4) is 5.75 Å². The molecule has 1 heterocycles. The highest BCUT2D eigenvalue weighted by Gasteiger charge is 2.16. The lowest BCUT2D eigenvalue weighted by Gasteiger charge is -2.17. The first-order valence-electron chi connectivity index (χ1n) is 7.10. The van der Waals surface area contributed by atoms with Gasteiger partial charge in [-0.2, -0.15) is 8.78 Å². The molecule has 0 saturated carbocycles. The molecule has 23 heavy (non-hydrogen) atoms. The van der Waals surface area contributed by atoms with E-state index in [1.54, 1.807) is 23.9 Å². The van der Waals surface area contributed by atoms with Crippen molar-refractivity contribution in [1.82, 2.24) is 9.88 Å². The van der Waals surface area contributed by atoms with E-state index in [2.05, 4.69) is 10.1 Å². The molecule has 2 aromatic rings. The summed E-state index contributed by atoms with van der Waals surface area (Å²) in [6, 6.07) is 8.89. The van der Waals surface area contributed by atoms with Crippen molar-refractivity contribution in [2.45, 2.75) is 25.7 Å². The molecule has 0 radical (unpaired) electrons. The van der Waals surface area contributed by atoms with Crippen LogP contribution >= 0.6 is 0 Å². The van der Waals surface area contributed by atoms with Gasteiger partial charge in [0.05, 0.1) is 6.10 Å². The predicted octanol–water partition coefficient (Wildman–Crippen LogP) is 2.50. The molecule has 0 aliphatic heterocycles. The molecule has 0 saturated heterocycles. The fourth-order valence-corrected chi connectivity index (χ4v) is 2.08. The Kier molecular flexibility index (Phi) is 5.70. The number of rotatable bonds is 7. The van der Waals surface area contributed by atoms with Gasteiger partial charge < -0.3 is 19.7 Å². The van der Waals surface area contributed by atoms with Crippen LogP contribution in [-0.2, 0) is 4.79 Å². The van der Waals surface area contributed by atoms with Crippen LogP contribution in [0.25, 0.3) is 0 Å². The summed E-state index contributed by atoms with van der Waals surface area (Å²) < 4.78 is 30.1. The zero-order chi connectivity index (χ0) is 16.8. The molecule has 0 fully saturated rings. The Balaban J connectivity index is 1.86. The van der Waals surface area contributed by atoms with Crippen LogP contribution in [0.15, 0.2) is 48.8 Å². The number of aliphatic hydroxyl groups is 1. The van der Waals surface area contributed by atoms with E-state index in [1.807, 2.05) is 12.1 Å². The van der Waals surface area contributed by atoms with E-state index in [-0.39, 0.29) is 24.2 Å². The van der Waals surface area contributed by atoms with Crippen LogP contribution in [0.1, 0.15) is 24.6 Å². The van der Waals surface area contributed by atoms with Gasteiger partial charge in [-0.1, -0.05) is 12.1 Å². The van der Waals surface area contributed by atoms with E-state index in [1.165, 1.54) is 24.3 Å². The first kappa shape index (κ1) is 17.0. The summed E-state index contributed by atoms with van der Waals surface area (Å²) in [6.45, 7) is -1.11. The van der Waals surface area contributed by atoms with Gasteiger partial charge in [0.2, 0.25) is 5.91 Å². The zero-order valence-corrected chi connectivity index (χ0v) is 12.5. The van der Waals surface area contributed by atoms with Crippen LogP contribution in [0, 0.1) is 0 Å². The van der Waals surface area contributed by atoms with Crippen molar-refractivity contribution in [2.75, 3.05) is 6.54 Å². The highest BCUT2D eigenvalue weighted by atomic mass is 19.3. The lowest BCUT2D eigenvalue weighted by atomic mass is 10.1. The molecule has 2 N–H and O–H groups in total. The number of halogens is 2. The van der Waals surface area contributed by atoms with Gasteiger partial charge in [0.25, 0.3) is 0 Å². The van der Waals surface area contributed by atoms with Crippen molar-refractivity contribution in [3.05, 3.63) is 54.4 Å². The summed E-state index contributed by atoms with van der Waals surface area (Å²) >= 11 is 0. The Labute approximate surface area is 132 Å². The van der Waals surface area contributed by atoms with Crippen molar-refractivity contribution in [3.63, 3.8) is 0 Å². The second-order valence-corrected chi connectivity index (χ2v) is 5.01. The first-order chi connectivity index (χ1) is 11.0. The van der Waals surface area contributed by atoms with E-state index < -0.39 is 12.7 Å². The number of amides is 1. The SMILES string of the molecule is CC(C(=O)NCC(O)c1ccc(OC(F)F)cc1)n1cccc1. The van der Waals surface area contributed by atoms with Crippen LogP contribution in [-0.4, -0.2) is 28.7 Å². The van der Waals surface area contributed by atoms with Gasteiger partial charge in [-0.05, 0) is 36.8 Å². The maximum atomic E-state index is 12.1. The minimum Gasteiger partial charge on any atom is -0.435 e. The van der Waals surface area contributed by atoms with Gasteiger partial charge in [0.1, 0.15) is 11.8 Å². The number of carbonyl (C=O) groups excluding carboxylic acids is 1. The summed E-state index contributed by atoms with van der Waals surface area (Å²) in [5, 5.41) is 12.7. The molecule has 1 aromatic heterocycles. The number of aromatic nitrogens is 1. The van der Waals surface area contributed by atoms with E-state index in [0.29, 0.717) is 5.56 Å². The number of ether oxygens (including phenoxy) is 1. The standard InChI is InChI=1S/C16H18F2N2O3/c1-11(20-8-2-3-9-20)15(22)19-10-14(21)12-4-6-13(7-5-12)23-16(17)18/h2-9,11,14,16,21H,10H2,1H3,(H,19,22). The molecule has 1 amide bonds. The van der Waals surface area contributed by atoms with Gasteiger partial charge >= 0.3 is 6.61 Å². The average Bonchev–Trinajstić information content (AvgIpc) is 3.06. The third-order valence-electron chi connectivity index (χ3n) is 3.41. The van der Waals surface area contributed by atoms with Crippen LogP contribution in [0.5, 0.6) is 5.75 Å². The number of benzene rings is 1. The van der Waals surface area contributed by atoms with Gasteiger partial charge in [-0.15, -0.1) is 0 Å². The van der Waals surface area contributed by atoms with Crippen LogP contribution in [0.2, 0.25) is 0 Å². The highest BCUT2D eigenvalue weighted by molar-refractivity contribution is 5.79. The van der Waals surface area contributed by atoms with Crippen molar-refractivity contribution in [2.24, 2.45) is 0 Å². The Morgan fingerprint density at radius 3 is 2.43 bits per heavy atom. The quantitative estimate of drug-likeness (QED) is 0.822. The maximum Gasteiger partial charge on any atom is 0.387 e. The maximum absolute atomic E-state index is 12.1. The molecule has 2 atom stereocenters. The monoisotopic (exact) mass is 324 g/mol. The second kappa shape index (κ2) is 7.73. The fraction of sp³-hybridized carbons (Fsp3) is 0.312. The summed E-state index contributed by atoms with van der Waals surface area (Å²) in [6.07, 6.45) is 2.63. The largest absolute Gasteiger partial charge is 0.435 e. The number of alkyl halides is 2. The molecule has 0 spiro atoms. The fourth-order valence-electron chi connectivity index (χ4n) is 2.08. The van der Waals surface area contributed by atoms with Crippen molar-refractivity contribution < 1.29 is 23.4 Å². The Hall–Kier alpha value is -2.41. The van der Waals surface area contributed by atoms with Crippen LogP contribution in [0.4, 0.5) is 8.78 Å². The van der Waals surface area contributed by atoms with E-state index in [4.69, 9.17) is 0 Å². The topological polar surface area (TPSA) is 63.5 Å². The first-order valence-corrected chi connectivity index (χ1v) is 7.10. The molecule has 124 valence electrons. The highest BCUT2D eigenvalue weighted by Crippen LogP contribution is 2.19. The number of hydrogen-bond donors (Lipinski definition) is 2. The summed E-state index contributed by atoms with van der Waals surface area (Å²) in [7, 11) is 0. The Morgan fingerprint density at radius 1 is 1.26 bits per heavy atom. The smallest absolute Gasteiger partial charge is 0.387 e. The van der Waals surface area contributed by atoms with E-state index in [9.17, 15) is 18.7 Å². The van der Waals surface area contributed by atoms with Gasteiger partial charge in [0.15, 0.2) is 0 Å². The van der Waals surface area contributed by atoms with Crippen LogP contribution < -0.4 is 10.1 Å². The third kappa shape index (κ3) is 4.79. The summed E-state index contributed by atoms with van der Waals surface area (Å²) in [5.41, 5.74) is 0.500. The number of nitrogens with zero attached hydrogens (tertiary/aromatic N) is 1. The molecule has 2 unspecified atom stereocenters. The minimum absolute atomic E-state index is 0.0150. The number of nitrogens with one attached hydrogen (secondary N) is 1. The Morgan fingerprint density at radius 2 is 1.87 bits per heavy atom. The summed E-state index contributed by atoms with van der Waals surface area (Å²) in [5.74, 6) is -0.209. The molecule has 0 aliphatic rings. The van der Waals surface area contributed by atoms with Crippen molar-refractivity contribution >= 4 is 5.91 Å². The molecule has 0 aliphatic carbocycles. The normalized spacial score (nSPS) is 13.6. The number of carbonyl (C=O) groups is 1. The van der Waals surface area contributed by atoms with Crippen LogP contribution in [0.3, 0.4) is 0 Å². The second-order valence-electron chi connectivity index (χ2n) is 5.01. The van der Waals surface area contributed by atoms with Gasteiger partial charge in [0, 0.05) is 18.9 Å².